The van der Waals surface area contributed by atoms with Crippen molar-refractivity contribution in [3.8, 4) is 5.75 Å². The van der Waals surface area contributed by atoms with Crippen molar-refractivity contribution in [1.82, 2.24) is 24.9 Å². The first-order valence-electron chi connectivity index (χ1n) is 9.16. The van der Waals surface area contributed by atoms with E-state index in [1.165, 1.54) is 4.90 Å². The predicted octanol–water partition coefficient (Wildman–Crippen LogP) is 4.18. The van der Waals surface area contributed by atoms with Gasteiger partial charge in [-0.05, 0) is 47.1 Å². The minimum atomic E-state index is -1.04. The van der Waals surface area contributed by atoms with Gasteiger partial charge in [0.1, 0.15) is 0 Å². The summed E-state index contributed by atoms with van der Waals surface area (Å²) in [6.45, 7) is 1.61. The molecular formula is C20H20BrCl2N5O3. The summed E-state index contributed by atoms with van der Waals surface area (Å²) in [5.41, 5.74) is 1.75. The fourth-order valence-electron chi connectivity index (χ4n) is 2.78. The number of benzene rings is 1. The maximum Gasteiger partial charge on any atom is 0.317 e. The maximum atomic E-state index is 12.6. The van der Waals surface area contributed by atoms with Crippen LogP contribution in [0.2, 0.25) is 10.0 Å². The van der Waals surface area contributed by atoms with Crippen LogP contribution in [0.15, 0.2) is 41.1 Å². The molecule has 0 fully saturated rings. The smallest absolute Gasteiger partial charge is 0.317 e. The summed E-state index contributed by atoms with van der Waals surface area (Å²) in [4.78, 5) is 30.1. The maximum absolute atomic E-state index is 12.6. The van der Waals surface area contributed by atoms with Gasteiger partial charge in [-0.15, -0.1) is 0 Å². The molecular weight excluding hydrogens is 509 g/mol. The van der Waals surface area contributed by atoms with Gasteiger partial charge in [0.25, 0.3) is 0 Å². The van der Waals surface area contributed by atoms with Crippen LogP contribution in [-0.2, 0) is 4.79 Å². The summed E-state index contributed by atoms with van der Waals surface area (Å²) in [7, 11) is 3.15. The second kappa shape index (κ2) is 9.76. The topological polar surface area (TPSA) is 88.0 Å². The summed E-state index contributed by atoms with van der Waals surface area (Å²) in [6.07, 6.45) is 2.65. The van der Waals surface area contributed by atoms with Crippen molar-refractivity contribution in [2.45, 2.75) is 13.2 Å². The fourth-order valence-corrected chi connectivity index (χ4v) is 3.70. The highest BCUT2D eigenvalue weighted by Crippen LogP contribution is 2.37. The zero-order valence-corrected chi connectivity index (χ0v) is 20.0. The van der Waals surface area contributed by atoms with Crippen LogP contribution in [0.1, 0.15) is 17.5 Å². The van der Waals surface area contributed by atoms with Crippen LogP contribution >= 0.6 is 39.1 Å². The Morgan fingerprint density at radius 1 is 1.29 bits per heavy atom. The highest BCUT2D eigenvalue weighted by molar-refractivity contribution is 9.10. The van der Waals surface area contributed by atoms with Crippen LogP contribution in [-0.4, -0.2) is 46.9 Å². The second-order valence-electron chi connectivity index (χ2n) is 6.86. The molecule has 3 aromatic rings. The number of halogens is 3. The molecule has 0 aliphatic heterocycles. The number of pyridine rings is 1. The van der Waals surface area contributed by atoms with E-state index in [9.17, 15) is 9.59 Å². The molecule has 164 valence electrons. The molecule has 31 heavy (non-hydrogen) atoms. The van der Waals surface area contributed by atoms with Gasteiger partial charge in [0.15, 0.2) is 11.4 Å². The average Bonchev–Trinajstić information content (AvgIpc) is 3.10. The zero-order chi connectivity index (χ0) is 22.7. The Morgan fingerprint density at radius 2 is 2.03 bits per heavy atom. The molecule has 2 heterocycles. The van der Waals surface area contributed by atoms with Gasteiger partial charge < -0.3 is 24.7 Å². The van der Waals surface area contributed by atoms with Crippen molar-refractivity contribution in [2.75, 3.05) is 20.6 Å². The van der Waals surface area contributed by atoms with E-state index in [1.807, 2.05) is 23.7 Å². The van der Waals surface area contributed by atoms with Crippen molar-refractivity contribution in [3.63, 3.8) is 0 Å². The molecule has 3 rings (SSSR count). The molecule has 1 aromatic carbocycles. The highest BCUT2D eigenvalue weighted by Gasteiger charge is 2.25. The van der Waals surface area contributed by atoms with E-state index in [-0.39, 0.29) is 6.54 Å². The minimum absolute atomic E-state index is 0.257. The van der Waals surface area contributed by atoms with E-state index < -0.39 is 18.2 Å². The number of ether oxygens (including phenoxy) is 1. The van der Waals surface area contributed by atoms with Gasteiger partial charge in [-0.1, -0.05) is 23.2 Å². The van der Waals surface area contributed by atoms with Gasteiger partial charge >= 0.3 is 6.03 Å². The van der Waals surface area contributed by atoms with E-state index in [4.69, 9.17) is 27.9 Å². The number of nitrogens with one attached hydrogen (secondary N) is 2. The monoisotopic (exact) mass is 527 g/mol. The first-order chi connectivity index (χ1) is 14.7. The summed E-state index contributed by atoms with van der Waals surface area (Å²) in [5.74, 6) is -0.0656. The number of hydrogen-bond donors (Lipinski definition) is 2. The van der Waals surface area contributed by atoms with Crippen molar-refractivity contribution in [1.29, 1.82) is 0 Å². The summed E-state index contributed by atoms with van der Waals surface area (Å²) < 4.78 is 8.54. The van der Waals surface area contributed by atoms with Gasteiger partial charge in [0.05, 0.1) is 27.8 Å². The quantitative estimate of drug-likeness (QED) is 0.371. The van der Waals surface area contributed by atoms with Gasteiger partial charge in [0, 0.05) is 31.0 Å². The molecule has 11 heteroatoms. The number of aryl methyl sites for hydroxylation is 1. The molecule has 0 spiro atoms. The summed E-state index contributed by atoms with van der Waals surface area (Å²) in [6, 6.07) is 6.47. The van der Waals surface area contributed by atoms with E-state index in [0.717, 1.165) is 5.69 Å². The molecule has 1 unspecified atom stereocenters. The van der Waals surface area contributed by atoms with Gasteiger partial charge in [-0.2, -0.15) is 0 Å². The van der Waals surface area contributed by atoms with Crippen molar-refractivity contribution in [3.05, 3.63) is 62.4 Å². The number of amides is 3. The normalized spacial score (nSPS) is 11.8. The van der Waals surface area contributed by atoms with Crippen LogP contribution in [0.25, 0.3) is 5.65 Å². The van der Waals surface area contributed by atoms with Gasteiger partial charge in [0.2, 0.25) is 12.1 Å². The zero-order valence-electron chi connectivity index (χ0n) is 16.9. The molecule has 1 atom stereocenters. The third-order valence-electron chi connectivity index (χ3n) is 4.25. The largest absolute Gasteiger partial charge is 0.462 e. The fraction of sp³-hybridized carbons (Fsp3) is 0.250. The molecule has 0 aliphatic carbocycles. The molecule has 0 bridgehead atoms. The lowest BCUT2D eigenvalue weighted by Gasteiger charge is -2.23. The Hall–Kier alpha value is -2.49. The third kappa shape index (κ3) is 5.41. The Kier molecular flexibility index (Phi) is 7.30. The minimum Gasteiger partial charge on any atom is -0.462 e. The van der Waals surface area contributed by atoms with Crippen LogP contribution < -0.4 is 15.4 Å². The number of carbonyl (C=O) groups is 2. The number of aromatic nitrogens is 2. The van der Waals surface area contributed by atoms with E-state index in [2.05, 4.69) is 31.5 Å². The third-order valence-corrected chi connectivity index (χ3v) is 5.88. The van der Waals surface area contributed by atoms with Crippen molar-refractivity contribution >= 4 is 56.7 Å². The van der Waals surface area contributed by atoms with Crippen molar-refractivity contribution < 1.29 is 14.3 Å². The Labute approximate surface area is 197 Å². The number of nitrogens with zero attached hydrogens (tertiary/aromatic N) is 3. The summed E-state index contributed by atoms with van der Waals surface area (Å²) in [5, 5.41) is 5.84. The highest BCUT2D eigenvalue weighted by atomic mass is 79.9. The molecule has 0 saturated carbocycles. The average molecular weight is 529 g/mol. The lowest BCUT2D eigenvalue weighted by molar-refractivity contribution is -0.122. The lowest BCUT2D eigenvalue weighted by Crippen LogP contribution is -2.43. The molecule has 2 aromatic heterocycles. The molecule has 2 N–H and O–H groups in total. The second-order valence-corrected chi connectivity index (χ2v) is 8.50. The van der Waals surface area contributed by atoms with Gasteiger partial charge in [-0.3, -0.25) is 4.79 Å². The van der Waals surface area contributed by atoms with Crippen LogP contribution in [0.5, 0.6) is 5.75 Å². The number of hydrogen-bond acceptors (Lipinski definition) is 4. The molecule has 0 aliphatic rings. The standard InChI is InChI=1S/C20H20BrCl2N5O3/c1-11-10-28-8-4-5-14(18(28)25-11)31-19(16-13(22)7-6-12(21)17(16)23)26-15(29)9-24-20(30)27(2)3/h4-8,10,19H,9H2,1-3H3,(H,24,30)(H,26,29). The van der Waals surface area contributed by atoms with Gasteiger partial charge in [-0.25, -0.2) is 9.78 Å². The summed E-state index contributed by atoms with van der Waals surface area (Å²) >= 11 is 16.2. The number of imidazole rings is 1. The lowest BCUT2D eigenvalue weighted by atomic mass is 10.2. The molecule has 3 amide bonds. The Bertz CT molecular complexity index is 1140. The number of carbonyl (C=O) groups excluding carboxylic acids is 2. The van der Waals surface area contributed by atoms with Crippen LogP contribution in [0.3, 0.4) is 0 Å². The number of rotatable bonds is 6. The van der Waals surface area contributed by atoms with E-state index >= 15 is 0 Å². The van der Waals surface area contributed by atoms with Crippen LogP contribution in [0.4, 0.5) is 4.79 Å². The Balaban J connectivity index is 1.94. The van der Waals surface area contributed by atoms with E-state index in [0.29, 0.717) is 31.5 Å². The molecule has 0 radical (unpaired) electrons. The molecule has 0 saturated heterocycles. The Morgan fingerprint density at radius 3 is 2.74 bits per heavy atom. The predicted molar refractivity (Wildman–Crippen MR) is 123 cm³/mol. The van der Waals surface area contributed by atoms with Crippen LogP contribution in [0, 0.1) is 6.92 Å². The SMILES string of the molecule is Cc1cn2cccc(OC(NC(=O)CNC(=O)N(C)C)c3c(Cl)ccc(Br)c3Cl)c2n1. The van der Waals surface area contributed by atoms with Crippen molar-refractivity contribution in [2.24, 2.45) is 0 Å². The number of fused-ring (bicyclic) bond motifs is 1. The number of urea groups is 1. The first kappa shape index (κ1) is 23.2. The van der Waals surface area contributed by atoms with E-state index in [1.54, 1.807) is 38.4 Å². The molecule has 8 nitrogen and oxygen atoms in total. The first-order valence-corrected chi connectivity index (χ1v) is 10.7.